The molecule has 1 fully saturated rings. The van der Waals surface area contributed by atoms with Gasteiger partial charge in [-0.2, -0.15) is 11.3 Å². The first kappa shape index (κ1) is 14.5. The molecule has 118 valence electrons. The second-order valence-corrected chi connectivity index (χ2v) is 6.77. The Balaban J connectivity index is 1.51. The fraction of sp³-hybridized carbons (Fsp3) is 0.333. The molecule has 3 heterocycles. The molecular formula is C18H17NO3S. The maximum absolute atomic E-state index is 12.8. The van der Waals surface area contributed by atoms with Crippen molar-refractivity contribution in [2.24, 2.45) is 0 Å². The summed E-state index contributed by atoms with van der Waals surface area (Å²) in [5.74, 6) is -0.262. The minimum absolute atomic E-state index is 0.0632. The average Bonchev–Trinajstić information content (AvgIpc) is 3.28. The summed E-state index contributed by atoms with van der Waals surface area (Å²) >= 11 is 1.66. The number of ether oxygens (including phenoxy) is 1. The zero-order chi connectivity index (χ0) is 15.8. The van der Waals surface area contributed by atoms with E-state index < -0.39 is 6.10 Å². The number of rotatable bonds is 3. The van der Waals surface area contributed by atoms with Crippen molar-refractivity contribution >= 4 is 23.2 Å². The highest BCUT2D eigenvalue weighted by Crippen LogP contribution is 2.37. The Labute approximate surface area is 138 Å². The van der Waals surface area contributed by atoms with Crippen LogP contribution in [0.5, 0.6) is 0 Å². The van der Waals surface area contributed by atoms with Crippen molar-refractivity contribution in [1.82, 2.24) is 4.90 Å². The summed E-state index contributed by atoms with van der Waals surface area (Å²) in [4.78, 5) is 26.6. The van der Waals surface area contributed by atoms with Crippen LogP contribution in [0.25, 0.3) is 0 Å². The SMILES string of the molecule is O=C1O[C@@H](CC(=O)N2CCC[C@H]2c2ccsc2)c2ccccc21. The van der Waals surface area contributed by atoms with Crippen LogP contribution in [0.15, 0.2) is 41.1 Å². The molecular weight excluding hydrogens is 310 g/mol. The number of nitrogens with zero attached hydrogens (tertiary/aromatic N) is 1. The summed E-state index contributed by atoms with van der Waals surface area (Å²) < 4.78 is 5.40. The molecule has 4 nitrogen and oxygen atoms in total. The molecule has 2 aromatic rings. The smallest absolute Gasteiger partial charge is 0.339 e. The van der Waals surface area contributed by atoms with Gasteiger partial charge in [-0.05, 0) is 41.3 Å². The number of esters is 1. The quantitative estimate of drug-likeness (QED) is 0.807. The highest BCUT2D eigenvalue weighted by Gasteiger charge is 2.36. The Morgan fingerprint density at radius 3 is 3.00 bits per heavy atom. The number of likely N-dealkylation sites (tertiary alicyclic amines) is 1. The van der Waals surface area contributed by atoms with Crippen LogP contribution in [0.3, 0.4) is 0 Å². The average molecular weight is 327 g/mol. The number of fused-ring (bicyclic) bond motifs is 1. The van der Waals surface area contributed by atoms with Crippen molar-refractivity contribution in [3.05, 3.63) is 57.8 Å². The van der Waals surface area contributed by atoms with Crippen molar-refractivity contribution < 1.29 is 14.3 Å². The van der Waals surface area contributed by atoms with E-state index in [2.05, 4.69) is 11.4 Å². The summed E-state index contributed by atoms with van der Waals surface area (Å²) in [5.41, 5.74) is 2.63. The Hall–Kier alpha value is -2.14. The molecule has 0 radical (unpaired) electrons. The van der Waals surface area contributed by atoms with Gasteiger partial charge in [0.2, 0.25) is 5.91 Å². The van der Waals surface area contributed by atoms with Crippen LogP contribution >= 0.6 is 11.3 Å². The summed E-state index contributed by atoms with van der Waals surface area (Å²) in [6.07, 6.45) is 1.80. The third kappa shape index (κ3) is 2.55. The molecule has 1 amide bonds. The molecule has 2 atom stereocenters. The lowest BCUT2D eigenvalue weighted by molar-refractivity contribution is -0.134. The second-order valence-electron chi connectivity index (χ2n) is 5.99. The van der Waals surface area contributed by atoms with Crippen molar-refractivity contribution in [3.8, 4) is 0 Å². The molecule has 0 N–H and O–H groups in total. The van der Waals surface area contributed by atoms with E-state index in [-0.39, 0.29) is 24.3 Å². The topological polar surface area (TPSA) is 46.6 Å². The summed E-state index contributed by atoms with van der Waals surface area (Å²) in [6.45, 7) is 0.779. The van der Waals surface area contributed by atoms with Gasteiger partial charge >= 0.3 is 5.97 Å². The van der Waals surface area contributed by atoms with E-state index in [1.165, 1.54) is 5.56 Å². The van der Waals surface area contributed by atoms with Crippen LogP contribution in [-0.4, -0.2) is 23.3 Å². The third-order valence-corrected chi connectivity index (χ3v) is 5.34. The Morgan fingerprint density at radius 1 is 1.30 bits per heavy atom. The standard InChI is InChI=1S/C18H17NO3S/c20-17(19-8-3-6-15(19)12-7-9-23-11-12)10-16-13-4-1-2-5-14(13)18(21)22-16/h1-2,4-5,7,9,11,15-16H,3,6,8,10H2/t15-,16-/m0/s1. The maximum Gasteiger partial charge on any atom is 0.339 e. The first-order valence-electron chi connectivity index (χ1n) is 7.85. The molecule has 1 aromatic heterocycles. The fourth-order valence-electron chi connectivity index (χ4n) is 3.52. The van der Waals surface area contributed by atoms with Gasteiger partial charge in [0, 0.05) is 12.1 Å². The molecule has 1 saturated heterocycles. The lowest BCUT2D eigenvalue weighted by Crippen LogP contribution is -2.31. The summed E-state index contributed by atoms with van der Waals surface area (Å²) in [6, 6.07) is 9.58. The first-order valence-corrected chi connectivity index (χ1v) is 8.80. The third-order valence-electron chi connectivity index (χ3n) is 4.64. The molecule has 0 aliphatic carbocycles. The number of amides is 1. The van der Waals surface area contributed by atoms with E-state index in [1.54, 1.807) is 17.4 Å². The minimum atomic E-state index is -0.449. The van der Waals surface area contributed by atoms with Gasteiger partial charge in [0.1, 0.15) is 6.10 Å². The highest BCUT2D eigenvalue weighted by molar-refractivity contribution is 7.08. The lowest BCUT2D eigenvalue weighted by Gasteiger charge is -2.25. The highest BCUT2D eigenvalue weighted by atomic mass is 32.1. The van der Waals surface area contributed by atoms with Crippen LogP contribution in [0.4, 0.5) is 0 Å². The van der Waals surface area contributed by atoms with Crippen LogP contribution < -0.4 is 0 Å². The molecule has 2 aliphatic rings. The van der Waals surface area contributed by atoms with Gasteiger partial charge in [0.05, 0.1) is 18.0 Å². The van der Waals surface area contributed by atoms with Crippen LogP contribution in [0.2, 0.25) is 0 Å². The number of thiophene rings is 1. The summed E-state index contributed by atoms with van der Waals surface area (Å²) in [5, 5.41) is 4.16. The zero-order valence-electron chi connectivity index (χ0n) is 12.6. The van der Waals surface area contributed by atoms with E-state index >= 15 is 0 Å². The van der Waals surface area contributed by atoms with Gasteiger partial charge in [-0.3, -0.25) is 4.79 Å². The van der Waals surface area contributed by atoms with E-state index in [1.807, 2.05) is 28.5 Å². The van der Waals surface area contributed by atoms with Gasteiger partial charge in [-0.25, -0.2) is 4.79 Å². The molecule has 23 heavy (non-hydrogen) atoms. The van der Waals surface area contributed by atoms with E-state index in [0.717, 1.165) is 24.9 Å². The summed E-state index contributed by atoms with van der Waals surface area (Å²) in [7, 11) is 0. The lowest BCUT2D eigenvalue weighted by atomic mass is 10.0. The zero-order valence-corrected chi connectivity index (χ0v) is 13.4. The van der Waals surface area contributed by atoms with Crippen LogP contribution in [-0.2, 0) is 9.53 Å². The number of hydrogen-bond acceptors (Lipinski definition) is 4. The van der Waals surface area contributed by atoms with E-state index in [0.29, 0.717) is 5.56 Å². The Bertz CT molecular complexity index is 740. The van der Waals surface area contributed by atoms with Crippen molar-refractivity contribution in [1.29, 1.82) is 0 Å². The van der Waals surface area contributed by atoms with Gasteiger partial charge < -0.3 is 9.64 Å². The van der Waals surface area contributed by atoms with Crippen molar-refractivity contribution in [2.75, 3.05) is 6.54 Å². The molecule has 0 unspecified atom stereocenters. The molecule has 0 spiro atoms. The van der Waals surface area contributed by atoms with Crippen LogP contribution in [0.1, 0.15) is 52.9 Å². The molecule has 0 bridgehead atoms. The minimum Gasteiger partial charge on any atom is -0.453 e. The normalized spacial score (nSPS) is 23.0. The molecule has 5 heteroatoms. The molecule has 2 aliphatic heterocycles. The monoisotopic (exact) mass is 327 g/mol. The number of cyclic esters (lactones) is 1. The van der Waals surface area contributed by atoms with Gasteiger partial charge in [-0.15, -0.1) is 0 Å². The van der Waals surface area contributed by atoms with E-state index in [9.17, 15) is 9.59 Å². The van der Waals surface area contributed by atoms with E-state index in [4.69, 9.17) is 4.74 Å². The Morgan fingerprint density at radius 2 is 2.17 bits per heavy atom. The maximum atomic E-state index is 12.8. The fourth-order valence-corrected chi connectivity index (χ4v) is 4.23. The number of hydrogen-bond donors (Lipinski definition) is 0. The predicted molar refractivity (Wildman–Crippen MR) is 87.2 cm³/mol. The molecule has 1 aromatic carbocycles. The molecule has 4 rings (SSSR count). The largest absolute Gasteiger partial charge is 0.453 e. The number of carbonyl (C=O) groups is 2. The predicted octanol–water partition coefficient (Wildman–Crippen LogP) is 3.71. The number of carbonyl (C=O) groups excluding carboxylic acids is 2. The van der Waals surface area contributed by atoms with Crippen LogP contribution in [0, 0.1) is 0 Å². The van der Waals surface area contributed by atoms with Gasteiger partial charge in [0.15, 0.2) is 0 Å². The second kappa shape index (κ2) is 5.81. The number of benzene rings is 1. The van der Waals surface area contributed by atoms with Crippen molar-refractivity contribution in [2.45, 2.75) is 31.4 Å². The van der Waals surface area contributed by atoms with Gasteiger partial charge in [-0.1, -0.05) is 18.2 Å². The van der Waals surface area contributed by atoms with Gasteiger partial charge in [0.25, 0.3) is 0 Å². The Kier molecular flexibility index (Phi) is 3.65. The first-order chi connectivity index (χ1) is 11.2. The molecule has 0 saturated carbocycles. The van der Waals surface area contributed by atoms with Crippen molar-refractivity contribution in [3.63, 3.8) is 0 Å².